The molecule has 2 N–H and O–H groups in total. The normalized spacial score (nSPS) is 50.6. The van der Waals surface area contributed by atoms with Gasteiger partial charge in [-0.05, 0) is 74.0 Å². The van der Waals surface area contributed by atoms with Crippen LogP contribution >= 0.6 is 0 Å². The van der Waals surface area contributed by atoms with E-state index >= 15 is 0 Å². The summed E-state index contributed by atoms with van der Waals surface area (Å²) in [6, 6.07) is 0.308. The zero-order valence-corrected chi connectivity index (χ0v) is 13.1. The fraction of sp³-hybridized carbons (Fsp3) is 0.789. The van der Waals surface area contributed by atoms with Gasteiger partial charge < -0.3 is 5.73 Å². The van der Waals surface area contributed by atoms with Crippen LogP contribution in [0.25, 0.3) is 0 Å². The molecule has 4 rings (SSSR count). The molecule has 4 aliphatic rings. The molecule has 0 aromatic rings. The minimum absolute atomic E-state index is 0.308. The van der Waals surface area contributed by atoms with Gasteiger partial charge in [0, 0.05) is 6.04 Å². The summed E-state index contributed by atoms with van der Waals surface area (Å²) in [6.07, 6.45) is 15.9. The Bertz CT molecular complexity index is 488. The van der Waals surface area contributed by atoms with Crippen molar-refractivity contribution in [2.24, 2.45) is 28.4 Å². The summed E-state index contributed by atoms with van der Waals surface area (Å²) in [6.45, 7) is 5.07. The number of rotatable bonds is 0. The molecule has 0 bridgehead atoms. The fourth-order valence-corrected chi connectivity index (χ4v) is 6.08. The van der Waals surface area contributed by atoms with Gasteiger partial charge in [-0.2, -0.15) is 0 Å². The van der Waals surface area contributed by atoms with Crippen LogP contribution in [-0.4, -0.2) is 6.04 Å². The lowest BCUT2D eigenvalue weighted by Gasteiger charge is -2.54. The van der Waals surface area contributed by atoms with Crippen LogP contribution in [-0.2, 0) is 0 Å². The molecule has 5 atom stereocenters. The molecule has 1 nitrogen and oxygen atoms in total. The van der Waals surface area contributed by atoms with Crippen LogP contribution in [0.5, 0.6) is 0 Å². The maximum Gasteiger partial charge on any atom is 0.0226 e. The van der Waals surface area contributed by atoms with Gasteiger partial charge in [-0.3, -0.25) is 0 Å². The highest BCUT2D eigenvalue weighted by molar-refractivity contribution is 5.35. The average Bonchev–Trinajstić information content (AvgIpc) is 2.81. The molecule has 4 aliphatic carbocycles. The highest BCUT2D eigenvalue weighted by Crippen LogP contribution is 2.62. The second-order valence-electron chi connectivity index (χ2n) is 8.37. The van der Waals surface area contributed by atoms with Gasteiger partial charge in [0.1, 0.15) is 0 Å². The number of allylic oxidation sites excluding steroid dienone is 3. The lowest BCUT2D eigenvalue weighted by Crippen LogP contribution is -2.46. The van der Waals surface area contributed by atoms with Gasteiger partial charge in [0.15, 0.2) is 0 Å². The van der Waals surface area contributed by atoms with Crippen LogP contribution in [0.2, 0.25) is 0 Å². The molecule has 0 heterocycles. The first-order valence-electron chi connectivity index (χ1n) is 8.70. The second-order valence-corrected chi connectivity index (χ2v) is 8.37. The van der Waals surface area contributed by atoms with Crippen molar-refractivity contribution in [2.75, 3.05) is 0 Å². The first kappa shape index (κ1) is 13.1. The predicted molar refractivity (Wildman–Crippen MR) is 84.3 cm³/mol. The van der Waals surface area contributed by atoms with Gasteiger partial charge in [-0.1, -0.05) is 37.1 Å². The van der Waals surface area contributed by atoms with E-state index in [-0.39, 0.29) is 0 Å². The van der Waals surface area contributed by atoms with Crippen molar-refractivity contribution in [2.45, 2.75) is 71.3 Å². The van der Waals surface area contributed by atoms with E-state index in [4.69, 9.17) is 5.73 Å². The van der Waals surface area contributed by atoms with Crippen LogP contribution < -0.4 is 5.73 Å². The Morgan fingerprint density at radius 3 is 2.85 bits per heavy atom. The third kappa shape index (κ3) is 1.65. The average molecular weight is 271 g/mol. The maximum atomic E-state index is 6.18. The molecular weight excluding hydrogens is 242 g/mol. The van der Waals surface area contributed by atoms with Gasteiger partial charge in [0.2, 0.25) is 0 Å². The Hall–Kier alpha value is -0.560. The molecule has 0 aromatic carbocycles. The Kier molecular flexibility index (Phi) is 2.77. The molecular formula is C19H29N. The van der Waals surface area contributed by atoms with Crippen molar-refractivity contribution < 1.29 is 0 Å². The van der Waals surface area contributed by atoms with Gasteiger partial charge in [0.25, 0.3) is 0 Å². The first-order valence-corrected chi connectivity index (χ1v) is 8.70. The minimum Gasteiger partial charge on any atom is -0.324 e. The van der Waals surface area contributed by atoms with E-state index in [1.165, 1.54) is 51.4 Å². The molecule has 2 fully saturated rings. The first-order chi connectivity index (χ1) is 9.53. The highest BCUT2D eigenvalue weighted by atomic mass is 14.7. The summed E-state index contributed by atoms with van der Waals surface area (Å²) in [5.74, 6) is 1.65. The van der Waals surface area contributed by atoms with Gasteiger partial charge in [0.05, 0.1) is 0 Å². The van der Waals surface area contributed by atoms with E-state index in [0.29, 0.717) is 16.9 Å². The van der Waals surface area contributed by atoms with Crippen LogP contribution in [0, 0.1) is 22.7 Å². The van der Waals surface area contributed by atoms with Crippen LogP contribution in [0.4, 0.5) is 0 Å². The molecule has 110 valence electrons. The number of fused-ring (bicyclic) bond motifs is 4. The summed E-state index contributed by atoms with van der Waals surface area (Å²) in [7, 11) is 0. The molecule has 2 saturated carbocycles. The standard InChI is InChI=1S/C19H29N/c1-18-9-3-4-16(18)15-6-5-13-12-14(20)7-11-19(13,2)17(15)8-10-18/h7,11,13-14,17H,3-6,8-10,12,20H2,1-2H3/t13?,14?,17-,18-,19-/m0/s1. The van der Waals surface area contributed by atoms with Crippen molar-refractivity contribution in [3.63, 3.8) is 0 Å². The summed E-state index contributed by atoms with van der Waals surface area (Å²) >= 11 is 0. The van der Waals surface area contributed by atoms with Crippen molar-refractivity contribution >= 4 is 0 Å². The summed E-state index contributed by atoms with van der Waals surface area (Å²) < 4.78 is 0. The van der Waals surface area contributed by atoms with Crippen molar-refractivity contribution in [3.05, 3.63) is 23.3 Å². The van der Waals surface area contributed by atoms with Crippen molar-refractivity contribution in [1.29, 1.82) is 0 Å². The quantitative estimate of drug-likeness (QED) is 0.641. The summed E-state index contributed by atoms with van der Waals surface area (Å²) in [5.41, 5.74) is 10.9. The van der Waals surface area contributed by atoms with Gasteiger partial charge in [-0.25, -0.2) is 0 Å². The van der Waals surface area contributed by atoms with E-state index in [9.17, 15) is 0 Å². The lowest BCUT2D eigenvalue weighted by molar-refractivity contribution is 0.0850. The molecule has 0 amide bonds. The zero-order valence-electron chi connectivity index (χ0n) is 13.1. The highest BCUT2D eigenvalue weighted by Gasteiger charge is 2.51. The minimum atomic E-state index is 0.308. The monoisotopic (exact) mass is 271 g/mol. The van der Waals surface area contributed by atoms with E-state index in [0.717, 1.165) is 11.8 Å². The second kappa shape index (κ2) is 4.22. The summed E-state index contributed by atoms with van der Waals surface area (Å²) in [5, 5.41) is 0. The third-order valence-corrected chi connectivity index (χ3v) is 7.33. The third-order valence-electron chi connectivity index (χ3n) is 7.33. The SMILES string of the molecule is C[C@@]12CCCC1=C1CCC3CC(N)C=C[C@]3(C)[C@H]1CC2. The Balaban J connectivity index is 1.78. The van der Waals surface area contributed by atoms with E-state index in [1.807, 2.05) is 11.1 Å². The maximum absolute atomic E-state index is 6.18. The largest absolute Gasteiger partial charge is 0.324 e. The van der Waals surface area contributed by atoms with E-state index in [2.05, 4.69) is 26.0 Å². The Morgan fingerprint density at radius 2 is 2.00 bits per heavy atom. The van der Waals surface area contributed by atoms with E-state index < -0.39 is 0 Å². The van der Waals surface area contributed by atoms with Gasteiger partial charge in [-0.15, -0.1) is 0 Å². The lowest BCUT2D eigenvalue weighted by atomic mass is 9.51. The van der Waals surface area contributed by atoms with Gasteiger partial charge >= 0.3 is 0 Å². The summed E-state index contributed by atoms with van der Waals surface area (Å²) in [4.78, 5) is 0. The topological polar surface area (TPSA) is 26.0 Å². The van der Waals surface area contributed by atoms with Crippen LogP contribution in [0.15, 0.2) is 23.3 Å². The number of hydrogen-bond acceptors (Lipinski definition) is 1. The number of nitrogens with two attached hydrogens (primary N) is 1. The Labute approximate surface area is 123 Å². The molecule has 0 spiro atoms. The van der Waals surface area contributed by atoms with Crippen LogP contribution in [0.1, 0.15) is 65.2 Å². The fourth-order valence-electron chi connectivity index (χ4n) is 6.08. The smallest absolute Gasteiger partial charge is 0.0226 e. The molecule has 20 heavy (non-hydrogen) atoms. The molecule has 1 heteroatoms. The van der Waals surface area contributed by atoms with Crippen molar-refractivity contribution in [1.82, 2.24) is 0 Å². The molecule has 0 radical (unpaired) electrons. The van der Waals surface area contributed by atoms with Crippen LogP contribution in [0.3, 0.4) is 0 Å². The Morgan fingerprint density at radius 1 is 1.15 bits per heavy atom. The number of hydrogen-bond donors (Lipinski definition) is 1. The molecule has 0 aliphatic heterocycles. The molecule has 0 saturated heterocycles. The predicted octanol–water partition coefficient (Wildman–Crippen LogP) is 4.59. The van der Waals surface area contributed by atoms with E-state index in [1.54, 1.807) is 0 Å². The zero-order chi connectivity index (χ0) is 14.0. The molecule has 0 aromatic heterocycles. The molecule has 2 unspecified atom stereocenters. The van der Waals surface area contributed by atoms with Crippen molar-refractivity contribution in [3.8, 4) is 0 Å².